The molecule has 10 heteroatoms. The molecule has 1 saturated heterocycles. The van der Waals surface area contributed by atoms with Gasteiger partial charge < -0.3 is 35.1 Å². The zero-order valence-electron chi connectivity index (χ0n) is 18.4. The molecule has 2 aromatic carbocycles. The highest BCUT2D eigenvalue weighted by Crippen LogP contribution is 2.23. The lowest BCUT2D eigenvalue weighted by molar-refractivity contribution is 0.122. The first-order valence-electron chi connectivity index (χ1n) is 11.0. The average molecular weight is 460 g/mol. The van der Waals surface area contributed by atoms with Crippen LogP contribution in [0.4, 0.5) is 34.9 Å². The van der Waals surface area contributed by atoms with Crippen molar-refractivity contribution in [3.8, 4) is 5.75 Å². The quantitative estimate of drug-likeness (QED) is 0.287. The summed E-state index contributed by atoms with van der Waals surface area (Å²) in [5, 5.41) is 19.1. The number of rotatable bonds is 8. The Morgan fingerprint density at radius 1 is 0.794 bits per heavy atom. The summed E-state index contributed by atoms with van der Waals surface area (Å²) in [5.74, 6) is 2.08. The molecule has 1 aliphatic rings. The molecule has 1 aliphatic heterocycles. The van der Waals surface area contributed by atoms with E-state index in [1.807, 2.05) is 24.3 Å². The van der Waals surface area contributed by atoms with Crippen LogP contribution in [0.3, 0.4) is 0 Å². The number of benzene rings is 2. The molecular formula is C24H25N7O3. The van der Waals surface area contributed by atoms with E-state index in [1.165, 1.54) is 0 Å². The minimum absolute atomic E-state index is 0.185. The molecule has 0 spiro atoms. The number of aromatic hydroxyl groups is 1. The molecule has 3 heterocycles. The van der Waals surface area contributed by atoms with Gasteiger partial charge in [-0.3, -0.25) is 0 Å². The summed E-state index contributed by atoms with van der Waals surface area (Å²) in [6.45, 7) is 3.70. The molecule has 174 valence electrons. The minimum Gasteiger partial charge on any atom is -0.508 e. The second-order valence-corrected chi connectivity index (χ2v) is 7.68. The van der Waals surface area contributed by atoms with Crippen LogP contribution in [0.1, 0.15) is 5.76 Å². The van der Waals surface area contributed by atoms with Crippen LogP contribution in [0.5, 0.6) is 5.75 Å². The summed E-state index contributed by atoms with van der Waals surface area (Å²) in [6.07, 6.45) is 1.62. The largest absolute Gasteiger partial charge is 0.508 e. The summed E-state index contributed by atoms with van der Waals surface area (Å²) >= 11 is 0. The Balaban J connectivity index is 1.34. The summed E-state index contributed by atoms with van der Waals surface area (Å²) in [6, 6.07) is 18.5. The van der Waals surface area contributed by atoms with Crippen LogP contribution < -0.4 is 20.9 Å². The van der Waals surface area contributed by atoms with Gasteiger partial charge in [0.25, 0.3) is 0 Å². The molecular weight excluding hydrogens is 434 g/mol. The van der Waals surface area contributed by atoms with E-state index in [2.05, 4.69) is 47.9 Å². The number of phenolic OH excluding ortho intramolecular Hbond substituents is 1. The third kappa shape index (κ3) is 5.54. The van der Waals surface area contributed by atoms with Gasteiger partial charge in [-0.2, -0.15) is 15.0 Å². The molecule has 0 saturated carbocycles. The lowest BCUT2D eigenvalue weighted by Crippen LogP contribution is -2.36. The molecule has 1 fully saturated rings. The predicted octanol–water partition coefficient (Wildman–Crippen LogP) is 4.11. The highest BCUT2D eigenvalue weighted by Gasteiger charge is 2.12. The van der Waals surface area contributed by atoms with Crippen LogP contribution in [0.15, 0.2) is 71.3 Å². The van der Waals surface area contributed by atoms with Crippen molar-refractivity contribution in [2.45, 2.75) is 6.54 Å². The standard InChI is InChI=1S/C24H25N7O3/c32-20-9-5-18(6-10-20)27-24-29-22(25-16-21-2-1-13-34-21)28-23(30-24)26-17-3-7-19(8-4-17)31-11-14-33-15-12-31/h1-10,13,32H,11-12,14-16H2,(H3,25,26,27,28,29,30). The summed E-state index contributed by atoms with van der Waals surface area (Å²) < 4.78 is 10.8. The number of hydrogen-bond acceptors (Lipinski definition) is 10. The van der Waals surface area contributed by atoms with Crippen LogP contribution in [-0.2, 0) is 11.3 Å². The molecule has 5 rings (SSSR count). The molecule has 2 aromatic heterocycles. The van der Waals surface area contributed by atoms with Crippen molar-refractivity contribution in [3.63, 3.8) is 0 Å². The monoisotopic (exact) mass is 459 g/mol. The number of phenols is 1. The maximum atomic E-state index is 9.53. The first-order valence-corrected chi connectivity index (χ1v) is 11.0. The van der Waals surface area contributed by atoms with E-state index in [0.29, 0.717) is 24.4 Å². The first-order chi connectivity index (χ1) is 16.7. The predicted molar refractivity (Wildman–Crippen MR) is 130 cm³/mol. The van der Waals surface area contributed by atoms with Crippen molar-refractivity contribution < 1.29 is 14.3 Å². The van der Waals surface area contributed by atoms with Gasteiger partial charge in [0.1, 0.15) is 11.5 Å². The third-order valence-electron chi connectivity index (χ3n) is 5.26. The Kier molecular flexibility index (Phi) is 6.39. The van der Waals surface area contributed by atoms with Gasteiger partial charge in [0.2, 0.25) is 17.8 Å². The van der Waals surface area contributed by atoms with E-state index in [-0.39, 0.29) is 5.75 Å². The van der Waals surface area contributed by atoms with Gasteiger partial charge in [0.05, 0.1) is 26.0 Å². The second kappa shape index (κ2) is 10.1. The van der Waals surface area contributed by atoms with Crippen molar-refractivity contribution in [1.82, 2.24) is 15.0 Å². The molecule has 4 N–H and O–H groups in total. The van der Waals surface area contributed by atoms with E-state index in [4.69, 9.17) is 9.15 Å². The van der Waals surface area contributed by atoms with Crippen LogP contribution in [-0.4, -0.2) is 46.4 Å². The molecule has 0 amide bonds. The summed E-state index contributed by atoms with van der Waals surface area (Å²) in [5.41, 5.74) is 2.75. The fourth-order valence-electron chi connectivity index (χ4n) is 3.53. The zero-order chi connectivity index (χ0) is 23.2. The van der Waals surface area contributed by atoms with Crippen LogP contribution >= 0.6 is 0 Å². The van der Waals surface area contributed by atoms with Crippen LogP contribution in [0, 0.1) is 0 Å². The maximum absolute atomic E-state index is 9.53. The molecule has 0 aliphatic carbocycles. The van der Waals surface area contributed by atoms with Gasteiger partial charge in [-0.25, -0.2) is 0 Å². The van der Waals surface area contributed by atoms with Crippen molar-refractivity contribution in [3.05, 3.63) is 72.7 Å². The molecule has 0 atom stereocenters. The lowest BCUT2D eigenvalue weighted by Gasteiger charge is -2.28. The molecule has 0 unspecified atom stereocenters. The number of nitrogens with one attached hydrogen (secondary N) is 3. The van der Waals surface area contributed by atoms with Crippen molar-refractivity contribution in [2.75, 3.05) is 47.2 Å². The van der Waals surface area contributed by atoms with Gasteiger partial charge in [-0.1, -0.05) is 0 Å². The van der Waals surface area contributed by atoms with Crippen molar-refractivity contribution in [2.24, 2.45) is 0 Å². The number of furan rings is 1. The Hall–Kier alpha value is -4.31. The normalized spacial score (nSPS) is 13.5. The SMILES string of the molecule is Oc1ccc(Nc2nc(NCc3ccco3)nc(Nc3ccc(N4CCOCC4)cc3)n2)cc1. The van der Waals surface area contributed by atoms with Gasteiger partial charge >= 0.3 is 0 Å². The van der Waals surface area contributed by atoms with E-state index in [1.54, 1.807) is 30.5 Å². The number of aromatic nitrogens is 3. The number of anilines is 6. The first kappa shape index (κ1) is 21.5. The highest BCUT2D eigenvalue weighted by atomic mass is 16.5. The molecule has 0 bridgehead atoms. The highest BCUT2D eigenvalue weighted by molar-refractivity contribution is 5.62. The van der Waals surface area contributed by atoms with Gasteiger partial charge in [0, 0.05) is 30.2 Å². The zero-order valence-corrected chi connectivity index (χ0v) is 18.4. The lowest BCUT2D eigenvalue weighted by atomic mass is 10.2. The Morgan fingerprint density at radius 2 is 1.41 bits per heavy atom. The van der Waals surface area contributed by atoms with Gasteiger partial charge in [0.15, 0.2) is 0 Å². The Bertz CT molecular complexity index is 1190. The Morgan fingerprint density at radius 3 is 2.03 bits per heavy atom. The van der Waals surface area contributed by atoms with Crippen LogP contribution in [0.2, 0.25) is 0 Å². The average Bonchev–Trinajstić information content (AvgIpc) is 3.39. The summed E-state index contributed by atoms with van der Waals surface area (Å²) in [7, 11) is 0. The molecule has 34 heavy (non-hydrogen) atoms. The van der Waals surface area contributed by atoms with E-state index < -0.39 is 0 Å². The number of nitrogens with zero attached hydrogens (tertiary/aromatic N) is 4. The summed E-state index contributed by atoms with van der Waals surface area (Å²) in [4.78, 5) is 15.8. The fraction of sp³-hybridized carbons (Fsp3) is 0.208. The number of morpholine rings is 1. The van der Waals surface area contributed by atoms with Crippen molar-refractivity contribution in [1.29, 1.82) is 0 Å². The van der Waals surface area contributed by atoms with E-state index >= 15 is 0 Å². The molecule has 4 aromatic rings. The number of ether oxygens (including phenoxy) is 1. The topological polar surface area (TPSA) is 121 Å². The number of hydrogen-bond donors (Lipinski definition) is 4. The van der Waals surface area contributed by atoms with Gasteiger partial charge in [-0.05, 0) is 60.7 Å². The van der Waals surface area contributed by atoms with E-state index in [9.17, 15) is 5.11 Å². The van der Waals surface area contributed by atoms with E-state index in [0.717, 1.165) is 49.1 Å². The van der Waals surface area contributed by atoms with Gasteiger partial charge in [-0.15, -0.1) is 0 Å². The second-order valence-electron chi connectivity index (χ2n) is 7.68. The maximum Gasteiger partial charge on any atom is 0.233 e. The molecule has 0 radical (unpaired) electrons. The third-order valence-corrected chi connectivity index (χ3v) is 5.26. The molecule has 10 nitrogen and oxygen atoms in total. The minimum atomic E-state index is 0.185. The Labute approximate surface area is 196 Å². The van der Waals surface area contributed by atoms with Crippen LogP contribution in [0.25, 0.3) is 0 Å². The smallest absolute Gasteiger partial charge is 0.233 e. The fourth-order valence-corrected chi connectivity index (χ4v) is 3.53. The van der Waals surface area contributed by atoms with Crippen molar-refractivity contribution >= 4 is 34.9 Å².